The first-order valence-electron chi connectivity index (χ1n) is 19.1. The summed E-state index contributed by atoms with van der Waals surface area (Å²) in [5.41, 5.74) is 24.5. The van der Waals surface area contributed by atoms with Crippen molar-refractivity contribution in [3.63, 3.8) is 0 Å². The maximum atomic E-state index is 14.0. The Balaban J connectivity index is 1.78. The number of amides is 6. The van der Waals surface area contributed by atoms with Crippen LogP contribution in [0.1, 0.15) is 49.8 Å². The number of aromatic hydroxyl groups is 1. The number of hydrogen-bond donors (Lipinski definition) is 10. The van der Waals surface area contributed by atoms with E-state index in [2.05, 4.69) is 31.6 Å². The minimum absolute atomic E-state index is 0.0218. The normalized spacial score (nSPS) is 13.4. The molecule has 17 heteroatoms. The molecule has 17 nitrogen and oxygen atoms in total. The summed E-state index contributed by atoms with van der Waals surface area (Å²) in [6.07, 6.45) is 0.935. The predicted molar refractivity (Wildman–Crippen MR) is 219 cm³/mol. The Morgan fingerprint density at radius 1 is 0.621 bits per heavy atom. The lowest BCUT2D eigenvalue weighted by Crippen LogP contribution is -2.58. The second kappa shape index (κ2) is 23.5. The maximum Gasteiger partial charge on any atom is 0.243 e. The van der Waals surface area contributed by atoms with E-state index in [1.165, 1.54) is 12.1 Å². The van der Waals surface area contributed by atoms with Crippen molar-refractivity contribution < 1.29 is 33.9 Å². The molecule has 6 amide bonds. The fourth-order valence-electron chi connectivity index (χ4n) is 5.96. The van der Waals surface area contributed by atoms with Crippen LogP contribution < -0.4 is 49.5 Å². The van der Waals surface area contributed by atoms with Gasteiger partial charge in [-0.2, -0.15) is 0 Å². The first-order valence-corrected chi connectivity index (χ1v) is 19.1. The van der Waals surface area contributed by atoms with Crippen molar-refractivity contribution in [3.8, 4) is 5.75 Å². The number of primary amides is 1. The summed E-state index contributed by atoms with van der Waals surface area (Å²) in [5, 5.41) is 22.9. The number of phenols is 1. The number of carbonyl (C=O) groups excluding carboxylic acids is 6. The lowest BCUT2D eigenvalue weighted by Gasteiger charge is -2.25. The Bertz CT molecular complexity index is 1840. The third-order valence-electron chi connectivity index (χ3n) is 8.95. The Hall–Kier alpha value is -6.49. The summed E-state index contributed by atoms with van der Waals surface area (Å²) < 4.78 is 0. The largest absolute Gasteiger partial charge is 0.508 e. The molecule has 3 aromatic rings. The highest BCUT2D eigenvalue weighted by Crippen LogP contribution is 2.13. The van der Waals surface area contributed by atoms with Crippen LogP contribution in [-0.2, 0) is 48.0 Å². The van der Waals surface area contributed by atoms with Crippen molar-refractivity contribution in [2.75, 3.05) is 13.1 Å². The molecular formula is C41H56N10O7. The van der Waals surface area contributed by atoms with Crippen LogP contribution in [0.2, 0.25) is 0 Å². The second-order valence-electron chi connectivity index (χ2n) is 14.4. The molecule has 3 rings (SSSR count). The van der Waals surface area contributed by atoms with Crippen LogP contribution in [0, 0.1) is 5.92 Å². The number of nitrogens with zero attached hydrogens (tertiary/aromatic N) is 1. The van der Waals surface area contributed by atoms with Crippen LogP contribution in [0.5, 0.6) is 5.75 Å². The number of hydrogen-bond acceptors (Lipinski definition) is 9. The molecular weight excluding hydrogens is 745 g/mol. The molecule has 14 N–H and O–H groups in total. The number of phenolic OH excluding ortho intramolecular Hbond substituents is 1. The van der Waals surface area contributed by atoms with Gasteiger partial charge in [-0.15, -0.1) is 0 Å². The molecule has 312 valence electrons. The van der Waals surface area contributed by atoms with Crippen molar-refractivity contribution in [1.82, 2.24) is 26.6 Å². The van der Waals surface area contributed by atoms with Crippen LogP contribution in [0.15, 0.2) is 89.9 Å². The van der Waals surface area contributed by atoms with E-state index < -0.39 is 72.2 Å². The maximum absolute atomic E-state index is 14.0. The van der Waals surface area contributed by atoms with Gasteiger partial charge in [0.1, 0.15) is 29.9 Å². The quantitative estimate of drug-likeness (QED) is 0.0330. The van der Waals surface area contributed by atoms with Gasteiger partial charge in [0, 0.05) is 25.8 Å². The average molecular weight is 801 g/mol. The monoisotopic (exact) mass is 800 g/mol. The molecule has 0 spiro atoms. The molecule has 0 unspecified atom stereocenters. The summed E-state index contributed by atoms with van der Waals surface area (Å²) in [7, 11) is 0. The molecule has 0 aliphatic rings. The zero-order valence-corrected chi connectivity index (χ0v) is 32.9. The molecule has 0 aliphatic heterocycles. The van der Waals surface area contributed by atoms with Gasteiger partial charge in [0.05, 0.1) is 12.6 Å². The SMILES string of the molecule is CC(C)C[C@H](N)C(=O)N[C@@H](CCCN=C(N)N)C(=O)NCC(=O)N[C@@H](Cc1ccccc1)C(=O)N[C@@H](Cc1ccccc1)C(=O)N[C@@H](Cc1ccc(O)cc1)C(N)=O. The van der Waals surface area contributed by atoms with E-state index in [1.54, 1.807) is 72.8 Å². The van der Waals surface area contributed by atoms with E-state index in [1.807, 2.05) is 13.8 Å². The first kappa shape index (κ1) is 45.9. The van der Waals surface area contributed by atoms with Gasteiger partial charge in [0.15, 0.2) is 5.96 Å². The Kier molecular flexibility index (Phi) is 18.6. The van der Waals surface area contributed by atoms with Crippen LogP contribution in [0.3, 0.4) is 0 Å². The zero-order valence-electron chi connectivity index (χ0n) is 32.9. The average Bonchev–Trinajstić information content (AvgIpc) is 3.18. The molecule has 0 saturated heterocycles. The van der Waals surface area contributed by atoms with Crippen molar-refractivity contribution in [2.24, 2.45) is 33.8 Å². The number of benzene rings is 3. The standard InChI is InChI=1S/C41H56N10O7/c1-25(2)20-30(42)37(55)49-31(14-9-19-46-41(44)45)38(56)47-24-35(53)48-33(22-26-10-5-3-6-11-26)39(57)51-34(23-27-12-7-4-8-13-27)40(58)50-32(36(43)54)21-28-15-17-29(52)18-16-28/h3-8,10-13,15-18,25,30-34,52H,9,14,19-24,42H2,1-2H3,(H2,43,54)(H,47,56)(H,48,53)(H,49,55)(H,50,58)(H,51,57)(H4,44,45,46)/t30-,31-,32-,33-,34-/m0/s1. The second-order valence-corrected chi connectivity index (χ2v) is 14.4. The van der Waals surface area contributed by atoms with Crippen LogP contribution in [0.25, 0.3) is 0 Å². The fourth-order valence-corrected chi connectivity index (χ4v) is 5.96. The van der Waals surface area contributed by atoms with Crippen molar-refractivity contribution in [2.45, 2.75) is 82.6 Å². The van der Waals surface area contributed by atoms with Gasteiger partial charge < -0.3 is 54.6 Å². The highest BCUT2D eigenvalue weighted by molar-refractivity contribution is 5.96. The molecule has 0 aromatic heterocycles. The number of guanidine groups is 1. The molecule has 0 bridgehead atoms. The predicted octanol–water partition coefficient (Wildman–Crippen LogP) is -0.612. The number of aliphatic imine (C=N–C) groups is 1. The van der Waals surface area contributed by atoms with Crippen LogP contribution in [0.4, 0.5) is 0 Å². The lowest BCUT2D eigenvalue weighted by atomic mass is 10.0. The van der Waals surface area contributed by atoms with Gasteiger partial charge in [0.2, 0.25) is 35.4 Å². The van der Waals surface area contributed by atoms with E-state index in [0.29, 0.717) is 29.5 Å². The minimum Gasteiger partial charge on any atom is -0.508 e. The van der Waals surface area contributed by atoms with Gasteiger partial charge >= 0.3 is 0 Å². The van der Waals surface area contributed by atoms with Gasteiger partial charge in [-0.1, -0.05) is 86.6 Å². The Labute approximate surface area is 338 Å². The molecule has 58 heavy (non-hydrogen) atoms. The molecule has 0 radical (unpaired) electrons. The van der Waals surface area contributed by atoms with Crippen molar-refractivity contribution in [3.05, 3.63) is 102 Å². The summed E-state index contributed by atoms with van der Waals surface area (Å²) in [6.45, 7) is 3.47. The third-order valence-corrected chi connectivity index (χ3v) is 8.95. The highest BCUT2D eigenvalue weighted by atomic mass is 16.3. The minimum atomic E-state index is -1.22. The van der Waals surface area contributed by atoms with Gasteiger partial charge in [-0.3, -0.25) is 33.8 Å². The topological polar surface area (TPSA) is 299 Å². The van der Waals surface area contributed by atoms with E-state index in [9.17, 15) is 33.9 Å². The third kappa shape index (κ3) is 16.7. The molecule has 3 aromatic carbocycles. The summed E-state index contributed by atoms with van der Waals surface area (Å²) in [6, 6.07) is 18.3. The lowest BCUT2D eigenvalue weighted by molar-refractivity contribution is -0.133. The summed E-state index contributed by atoms with van der Waals surface area (Å²) in [5.74, 6) is -4.10. The van der Waals surface area contributed by atoms with Gasteiger partial charge in [-0.25, -0.2) is 0 Å². The summed E-state index contributed by atoms with van der Waals surface area (Å²) >= 11 is 0. The van der Waals surface area contributed by atoms with Crippen LogP contribution >= 0.6 is 0 Å². The molecule has 0 fully saturated rings. The molecule has 0 saturated carbocycles. The van der Waals surface area contributed by atoms with Gasteiger partial charge in [-0.05, 0) is 54.0 Å². The van der Waals surface area contributed by atoms with E-state index in [0.717, 1.165) is 0 Å². The highest BCUT2D eigenvalue weighted by Gasteiger charge is 2.30. The van der Waals surface area contributed by atoms with Crippen molar-refractivity contribution in [1.29, 1.82) is 0 Å². The van der Waals surface area contributed by atoms with Crippen LogP contribution in [-0.4, -0.2) is 89.8 Å². The summed E-state index contributed by atoms with van der Waals surface area (Å²) in [4.78, 5) is 83.8. The van der Waals surface area contributed by atoms with E-state index in [-0.39, 0.29) is 49.9 Å². The first-order chi connectivity index (χ1) is 27.6. The molecule has 5 atom stereocenters. The molecule has 0 heterocycles. The Morgan fingerprint density at radius 3 is 1.62 bits per heavy atom. The molecule has 0 aliphatic carbocycles. The van der Waals surface area contributed by atoms with E-state index in [4.69, 9.17) is 22.9 Å². The number of nitrogens with one attached hydrogen (secondary N) is 5. The zero-order chi connectivity index (χ0) is 42.6. The number of nitrogens with two attached hydrogens (primary N) is 4. The van der Waals surface area contributed by atoms with Gasteiger partial charge in [0.25, 0.3) is 0 Å². The number of rotatable bonds is 23. The van der Waals surface area contributed by atoms with E-state index >= 15 is 0 Å². The smallest absolute Gasteiger partial charge is 0.243 e. The van der Waals surface area contributed by atoms with Crippen molar-refractivity contribution >= 4 is 41.4 Å². The Morgan fingerprint density at radius 2 is 1.10 bits per heavy atom. The fraction of sp³-hybridized carbons (Fsp3) is 0.390. The number of carbonyl (C=O) groups is 6.